The highest BCUT2D eigenvalue weighted by Gasteiger charge is 2.28. The molecule has 0 aliphatic heterocycles. The predicted molar refractivity (Wildman–Crippen MR) is 79.0 cm³/mol. The number of thioether (sulfide) groups is 1. The molecule has 11 heteroatoms. The lowest BCUT2D eigenvalue weighted by molar-refractivity contribution is -0.146. The molecule has 0 saturated carbocycles. The molecule has 0 saturated heterocycles. The van der Waals surface area contributed by atoms with Gasteiger partial charge in [-0.25, -0.2) is 9.59 Å². The van der Waals surface area contributed by atoms with Gasteiger partial charge in [-0.15, -0.1) is 0 Å². The van der Waals surface area contributed by atoms with Crippen molar-refractivity contribution >= 4 is 34.7 Å². The van der Waals surface area contributed by atoms with Crippen LogP contribution in [0.4, 0.5) is 10.5 Å². The van der Waals surface area contributed by atoms with Crippen molar-refractivity contribution in [1.29, 1.82) is 0 Å². The maximum absolute atomic E-state index is 11.6. The van der Waals surface area contributed by atoms with Gasteiger partial charge in [0.2, 0.25) is 6.10 Å². The minimum atomic E-state index is -1.85. The van der Waals surface area contributed by atoms with Crippen LogP contribution in [0.5, 0.6) is 0 Å². The molecule has 1 aromatic rings. The van der Waals surface area contributed by atoms with E-state index in [0.717, 1.165) is 6.07 Å². The molecule has 0 aliphatic carbocycles. The summed E-state index contributed by atoms with van der Waals surface area (Å²) in [5, 5.41) is 36.1. The van der Waals surface area contributed by atoms with E-state index in [0.29, 0.717) is 11.8 Å². The second-order valence-electron chi connectivity index (χ2n) is 4.17. The van der Waals surface area contributed by atoms with Crippen LogP contribution >= 0.6 is 11.8 Å². The number of aliphatic carboxylic acids is 2. The molecular weight excluding hydrogens is 332 g/mol. The second kappa shape index (κ2) is 8.33. The summed E-state index contributed by atoms with van der Waals surface area (Å²) >= 11 is 0.383. The average Bonchev–Trinajstić information content (AvgIpc) is 2.49. The lowest BCUT2D eigenvalue weighted by Gasteiger charge is -2.26. The number of hydrogen-bond acceptors (Lipinski definition) is 9. The topological polar surface area (TPSA) is 173 Å². The molecule has 0 aliphatic rings. The first-order valence-corrected chi connectivity index (χ1v) is 7.02. The third-order valence-electron chi connectivity index (χ3n) is 2.56. The molecule has 23 heavy (non-hydrogen) atoms. The van der Waals surface area contributed by atoms with Gasteiger partial charge in [-0.3, -0.25) is 10.0 Å². The summed E-state index contributed by atoms with van der Waals surface area (Å²) < 4.78 is 4.72. The minimum absolute atomic E-state index is 0.242. The van der Waals surface area contributed by atoms with Gasteiger partial charge < -0.3 is 31.1 Å². The van der Waals surface area contributed by atoms with E-state index >= 15 is 0 Å². The fraction of sp³-hybridized carbons (Fsp3) is 0.250. The van der Waals surface area contributed by atoms with Crippen LogP contribution in [-0.4, -0.2) is 44.5 Å². The summed E-state index contributed by atoms with van der Waals surface area (Å²) in [5.74, 6) is -3.22. The Morgan fingerprint density at radius 1 is 1.26 bits per heavy atom. The summed E-state index contributed by atoms with van der Waals surface area (Å²) in [5.41, 5.74) is 4.56. The molecule has 1 aromatic carbocycles. The molecule has 5 N–H and O–H groups in total. The number of para-hydroxylation sites is 1. The van der Waals surface area contributed by atoms with Gasteiger partial charge in [0.15, 0.2) is 0 Å². The van der Waals surface area contributed by atoms with Gasteiger partial charge >= 0.3 is 17.2 Å². The molecule has 2 atom stereocenters. The Bertz CT molecular complexity index is 594. The van der Waals surface area contributed by atoms with Crippen molar-refractivity contribution in [2.75, 3.05) is 11.0 Å². The number of benzene rings is 1. The zero-order valence-electron chi connectivity index (χ0n) is 11.5. The van der Waals surface area contributed by atoms with E-state index in [-0.39, 0.29) is 11.3 Å². The SMILES string of the molecule is N[C@H](CSC(=O)OC(C(=O)O)c1ccccc1N([O-])O)C(=O)O. The Hall–Kier alpha value is -2.34. The van der Waals surface area contributed by atoms with Crippen molar-refractivity contribution in [2.45, 2.75) is 12.1 Å². The monoisotopic (exact) mass is 345 g/mol. The first-order valence-electron chi connectivity index (χ1n) is 6.03. The van der Waals surface area contributed by atoms with Gasteiger partial charge in [0.1, 0.15) is 6.04 Å². The average molecular weight is 345 g/mol. The highest BCUT2D eigenvalue weighted by atomic mass is 32.2. The number of ether oxygens (including phenoxy) is 1. The van der Waals surface area contributed by atoms with Gasteiger partial charge in [0.25, 0.3) is 0 Å². The molecule has 0 fully saturated rings. The lowest BCUT2D eigenvalue weighted by atomic mass is 10.1. The number of hydrogen-bond donors (Lipinski definition) is 4. The largest absolute Gasteiger partial charge is 0.733 e. The maximum Gasteiger partial charge on any atom is 0.368 e. The Labute approximate surface area is 134 Å². The molecule has 0 radical (unpaired) electrons. The smallest absolute Gasteiger partial charge is 0.368 e. The van der Waals surface area contributed by atoms with Crippen LogP contribution in [0.15, 0.2) is 24.3 Å². The first kappa shape index (κ1) is 18.7. The van der Waals surface area contributed by atoms with Crippen LogP contribution < -0.4 is 11.0 Å². The van der Waals surface area contributed by atoms with Gasteiger partial charge in [-0.1, -0.05) is 18.2 Å². The zero-order chi connectivity index (χ0) is 17.6. The first-order chi connectivity index (χ1) is 10.7. The summed E-state index contributed by atoms with van der Waals surface area (Å²) in [6.07, 6.45) is -1.85. The molecular formula is C12H13N2O8S-. The standard InChI is InChI=1S/C12H13N2O8S/c13-7(10(15)16)5-23-12(19)22-9(11(17)18)6-3-1-2-4-8(6)14(20)21/h1-4,7,9,20H,5,13H2,(H,15,16)(H,17,18)/q-1/t7-,9?/m1/s1. The summed E-state index contributed by atoms with van der Waals surface area (Å²) in [6.45, 7) is 0. The van der Waals surface area contributed by atoms with Gasteiger partial charge in [0.05, 0.1) is 5.69 Å². The molecule has 0 heterocycles. The third-order valence-corrected chi connectivity index (χ3v) is 3.42. The summed E-state index contributed by atoms with van der Waals surface area (Å²) in [4.78, 5) is 33.4. The molecule has 0 bridgehead atoms. The van der Waals surface area contributed by atoms with Gasteiger partial charge in [-0.2, -0.15) is 0 Å². The molecule has 1 unspecified atom stereocenters. The van der Waals surface area contributed by atoms with Crippen LogP contribution in [-0.2, 0) is 14.3 Å². The number of carbonyl (C=O) groups is 3. The van der Waals surface area contributed by atoms with Crippen LogP contribution in [0.3, 0.4) is 0 Å². The van der Waals surface area contributed by atoms with E-state index in [1.54, 1.807) is 0 Å². The van der Waals surface area contributed by atoms with Gasteiger partial charge in [0, 0.05) is 11.3 Å². The Morgan fingerprint density at radius 2 is 1.87 bits per heavy atom. The Morgan fingerprint density at radius 3 is 2.39 bits per heavy atom. The number of anilines is 1. The number of nitrogens with zero attached hydrogens (tertiary/aromatic N) is 1. The minimum Gasteiger partial charge on any atom is -0.733 e. The van der Waals surface area contributed by atoms with Crippen molar-refractivity contribution in [3.8, 4) is 0 Å². The zero-order valence-corrected chi connectivity index (χ0v) is 12.3. The number of carboxylic acid groups (broad SMARTS) is 2. The van der Waals surface area contributed by atoms with Crippen molar-refractivity contribution in [2.24, 2.45) is 5.73 Å². The number of carbonyl (C=O) groups excluding carboxylic acids is 1. The van der Waals surface area contributed by atoms with E-state index in [2.05, 4.69) is 0 Å². The van der Waals surface area contributed by atoms with E-state index in [1.165, 1.54) is 18.2 Å². The molecule has 0 spiro atoms. The Balaban J connectivity index is 2.87. The Kier molecular flexibility index (Phi) is 6.78. The predicted octanol–water partition coefficient (Wildman–Crippen LogP) is 0.787. The summed E-state index contributed by atoms with van der Waals surface area (Å²) in [7, 11) is 0. The normalized spacial score (nSPS) is 13.0. The van der Waals surface area contributed by atoms with Gasteiger partial charge in [-0.05, 0) is 17.8 Å². The second-order valence-corrected chi connectivity index (χ2v) is 5.13. The van der Waals surface area contributed by atoms with Crippen LogP contribution in [0.25, 0.3) is 0 Å². The molecule has 1 rings (SSSR count). The van der Waals surface area contributed by atoms with Crippen molar-refractivity contribution in [1.82, 2.24) is 0 Å². The third kappa shape index (κ3) is 5.41. The quantitative estimate of drug-likeness (QED) is 0.406. The van der Waals surface area contributed by atoms with E-state index in [9.17, 15) is 19.6 Å². The molecule has 10 nitrogen and oxygen atoms in total. The molecule has 126 valence electrons. The lowest BCUT2D eigenvalue weighted by Crippen LogP contribution is -2.33. The fourth-order valence-corrected chi connectivity index (χ4v) is 2.11. The van der Waals surface area contributed by atoms with E-state index < -0.39 is 40.3 Å². The van der Waals surface area contributed by atoms with Crippen LogP contribution in [0.2, 0.25) is 0 Å². The number of nitrogens with two attached hydrogens (primary N) is 1. The highest BCUT2D eigenvalue weighted by molar-refractivity contribution is 8.13. The summed E-state index contributed by atoms with van der Waals surface area (Å²) in [6, 6.07) is 3.77. The van der Waals surface area contributed by atoms with Crippen LogP contribution in [0.1, 0.15) is 11.7 Å². The van der Waals surface area contributed by atoms with Crippen molar-refractivity contribution < 1.29 is 34.5 Å². The molecule has 0 aromatic heterocycles. The maximum atomic E-state index is 11.6. The number of rotatable bonds is 7. The van der Waals surface area contributed by atoms with Crippen molar-refractivity contribution in [3.63, 3.8) is 0 Å². The van der Waals surface area contributed by atoms with E-state index in [4.69, 9.17) is 25.9 Å². The number of carboxylic acids is 2. The molecule has 0 amide bonds. The highest BCUT2D eigenvalue weighted by Crippen LogP contribution is 2.29. The van der Waals surface area contributed by atoms with Crippen LogP contribution in [0, 0.1) is 5.21 Å². The van der Waals surface area contributed by atoms with E-state index in [1.807, 2.05) is 0 Å². The van der Waals surface area contributed by atoms with Crippen molar-refractivity contribution in [3.05, 3.63) is 35.0 Å². The fourth-order valence-electron chi connectivity index (χ4n) is 1.49.